The van der Waals surface area contributed by atoms with Gasteiger partial charge in [0.15, 0.2) is 0 Å². The van der Waals surface area contributed by atoms with Gasteiger partial charge < -0.3 is 5.32 Å². The number of carbonyl (C=O) groups excluding carboxylic acids is 1. The first-order valence-corrected chi connectivity index (χ1v) is 5.53. The smallest absolute Gasteiger partial charge is 0.237 e. The zero-order chi connectivity index (χ0) is 11.0. The minimum Gasteiger partial charge on any atom is -0.355 e. The van der Waals surface area contributed by atoms with Gasteiger partial charge in [-0.05, 0) is 27.4 Å². The Balaban J connectivity index is 3.44. The Morgan fingerprint density at radius 2 is 1.93 bits per heavy atom. The van der Waals surface area contributed by atoms with Crippen LogP contribution in [0.25, 0.3) is 0 Å². The van der Waals surface area contributed by atoms with E-state index in [0.717, 1.165) is 13.0 Å². The summed E-state index contributed by atoms with van der Waals surface area (Å²) in [5, 5.41) is 2.94. The minimum absolute atomic E-state index is 0.0267. The van der Waals surface area contributed by atoms with Gasteiger partial charge in [0, 0.05) is 6.54 Å². The predicted molar refractivity (Wildman–Crippen MR) is 60.3 cm³/mol. The van der Waals surface area contributed by atoms with Crippen LogP contribution in [0.4, 0.5) is 0 Å². The molecule has 1 unspecified atom stereocenters. The maximum atomic E-state index is 11.5. The van der Waals surface area contributed by atoms with Gasteiger partial charge in [-0.2, -0.15) is 0 Å². The lowest BCUT2D eigenvalue weighted by Gasteiger charge is -2.18. The van der Waals surface area contributed by atoms with E-state index in [1.54, 1.807) is 0 Å². The Hall–Kier alpha value is -0.570. The molecule has 1 atom stereocenters. The lowest BCUT2D eigenvalue weighted by atomic mass is 10.2. The van der Waals surface area contributed by atoms with E-state index in [4.69, 9.17) is 0 Å². The van der Waals surface area contributed by atoms with Crippen molar-refractivity contribution in [3.63, 3.8) is 0 Å². The average molecular weight is 200 g/mol. The number of amides is 1. The van der Waals surface area contributed by atoms with E-state index in [1.807, 2.05) is 25.9 Å². The van der Waals surface area contributed by atoms with E-state index in [1.165, 1.54) is 19.3 Å². The lowest BCUT2D eigenvalue weighted by molar-refractivity contribution is -0.124. The Morgan fingerprint density at radius 3 is 2.43 bits per heavy atom. The van der Waals surface area contributed by atoms with E-state index < -0.39 is 0 Å². The van der Waals surface area contributed by atoms with Gasteiger partial charge in [-0.15, -0.1) is 0 Å². The topological polar surface area (TPSA) is 32.3 Å². The number of rotatable bonds is 7. The van der Waals surface area contributed by atoms with Gasteiger partial charge in [0.1, 0.15) is 0 Å². The number of carbonyl (C=O) groups is 1. The molecule has 0 spiro atoms. The molecule has 0 saturated heterocycles. The van der Waals surface area contributed by atoms with Gasteiger partial charge >= 0.3 is 0 Å². The van der Waals surface area contributed by atoms with Gasteiger partial charge in [0.05, 0.1) is 6.04 Å². The molecule has 0 aromatic carbocycles. The highest BCUT2D eigenvalue weighted by Gasteiger charge is 2.13. The minimum atomic E-state index is -0.0267. The van der Waals surface area contributed by atoms with Gasteiger partial charge in [-0.1, -0.05) is 26.2 Å². The fourth-order valence-corrected chi connectivity index (χ4v) is 1.15. The van der Waals surface area contributed by atoms with E-state index in [9.17, 15) is 4.79 Å². The van der Waals surface area contributed by atoms with Gasteiger partial charge in [-0.3, -0.25) is 9.69 Å². The molecule has 0 saturated carbocycles. The first-order valence-electron chi connectivity index (χ1n) is 5.53. The molecule has 14 heavy (non-hydrogen) atoms. The van der Waals surface area contributed by atoms with Crippen LogP contribution in [0.5, 0.6) is 0 Å². The first-order chi connectivity index (χ1) is 6.59. The van der Waals surface area contributed by atoms with Crippen LogP contribution >= 0.6 is 0 Å². The molecule has 84 valence electrons. The Morgan fingerprint density at radius 1 is 1.29 bits per heavy atom. The highest BCUT2D eigenvalue weighted by Crippen LogP contribution is 1.97. The molecule has 3 heteroatoms. The molecule has 0 aromatic heterocycles. The second-order valence-electron chi connectivity index (χ2n) is 3.99. The van der Waals surface area contributed by atoms with E-state index >= 15 is 0 Å². The summed E-state index contributed by atoms with van der Waals surface area (Å²) in [6.45, 7) is 4.92. The Labute approximate surface area is 87.9 Å². The van der Waals surface area contributed by atoms with E-state index in [-0.39, 0.29) is 11.9 Å². The summed E-state index contributed by atoms with van der Waals surface area (Å²) >= 11 is 0. The molecule has 0 rings (SSSR count). The van der Waals surface area contributed by atoms with Crippen molar-refractivity contribution in [2.45, 2.75) is 45.6 Å². The summed E-state index contributed by atoms with van der Waals surface area (Å²) in [5.74, 6) is 0.131. The van der Waals surface area contributed by atoms with Crippen molar-refractivity contribution >= 4 is 5.91 Å². The van der Waals surface area contributed by atoms with Crippen molar-refractivity contribution in [2.75, 3.05) is 20.6 Å². The zero-order valence-corrected chi connectivity index (χ0v) is 9.97. The fraction of sp³-hybridized carbons (Fsp3) is 0.909. The third-order valence-corrected chi connectivity index (χ3v) is 2.48. The molecule has 0 aliphatic rings. The molecule has 1 amide bonds. The Kier molecular flexibility index (Phi) is 7.48. The second-order valence-corrected chi connectivity index (χ2v) is 3.99. The molecular formula is C11H24N2O. The first kappa shape index (κ1) is 13.4. The van der Waals surface area contributed by atoms with Gasteiger partial charge in [0.2, 0.25) is 5.91 Å². The fourth-order valence-electron chi connectivity index (χ4n) is 1.15. The molecule has 0 aliphatic heterocycles. The van der Waals surface area contributed by atoms with Gasteiger partial charge in [-0.25, -0.2) is 0 Å². The molecule has 0 radical (unpaired) electrons. The normalized spacial score (nSPS) is 12.9. The van der Waals surface area contributed by atoms with Crippen molar-refractivity contribution in [1.82, 2.24) is 10.2 Å². The molecule has 3 nitrogen and oxygen atoms in total. The SMILES string of the molecule is CCCCCCNC(=O)C(C)N(C)C. The lowest BCUT2D eigenvalue weighted by Crippen LogP contribution is -2.41. The standard InChI is InChI=1S/C11H24N2O/c1-5-6-7-8-9-12-11(14)10(2)13(3)4/h10H,5-9H2,1-4H3,(H,12,14). The largest absolute Gasteiger partial charge is 0.355 e. The maximum absolute atomic E-state index is 11.5. The summed E-state index contributed by atoms with van der Waals surface area (Å²) in [7, 11) is 3.84. The van der Waals surface area contributed by atoms with E-state index in [2.05, 4.69) is 12.2 Å². The van der Waals surface area contributed by atoms with Crippen LogP contribution in [0.3, 0.4) is 0 Å². The molecule has 0 bridgehead atoms. The number of hydrogen-bond donors (Lipinski definition) is 1. The van der Waals surface area contributed by atoms with Crippen molar-refractivity contribution in [3.05, 3.63) is 0 Å². The monoisotopic (exact) mass is 200 g/mol. The summed E-state index contributed by atoms with van der Waals surface area (Å²) in [5.41, 5.74) is 0. The summed E-state index contributed by atoms with van der Waals surface area (Å²) < 4.78 is 0. The van der Waals surface area contributed by atoms with E-state index in [0.29, 0.717) is 0 Å². The molecule has 0 fully saturated rings. The molecule has 0 heterocycles. The van der Waals surface area contributed by atoms with Crippen LogP contribution in [0.15, 0.2) is 0 Å². The predicted octanol–water partition coefficient (Wildman–Crippen LogP) is 1.63. The third-order valence-electron chi connectivity index (χ3n) is 2.48. The number of likely N-dealkylation sites (N-methyl/N-ethyl adjacent to an activating group) is 1. The summed E-state index contributed by atoms with van der Waals surface area (Å²) in [4.78, 5) is 13.4. The van der Waals surface area contributed by atoms with Crippen molar-refractivity contribution < 1.29 is 4.79 Å². The highest BCUT2D eigenvalue weighted by molar-refractivity contribution is 5.81. The number of nitrogens with one attached hydrogen (secondary N) is 1. The Bertz CT molecular complexity index is 157. The molecular weight excluding hydrogens is 176 g/mol. The summed E-state index contributed by atoms with van der Waals surface area (Å²) in [6.07, 6.45) is 4.81. The quantitative estimate of drug-likeness (QED) is 0.634. The van der Waals surface area contributed by atoms with Crippen LogP contribution in [-0.4, -0.2) is 37.5 Å². The summed E-state index contributed by atoms with van der Waals surface area (Å²) in [6, 6.07) is -0.0267. The zero-order valence-electron chi connectivity index (χ0n) is 9.97. The maximum Gasteiger partial charge on any atom is 0.237 e. The van der Waals surface area contributed by atoms with Crippen molar-refractivity contribution in [1.29, 1.82) is 0 Å². The van der Waals surface area contributed by atoms with Crippen LogP contribution < -0.4 is 5.32 Å². The van der Waals surface area contributed by atoms with Crippen LogP contribution in [-0.2, 0) is 4.79 Å². The van der Waals surface area contributed by atoms with Crippen LogP contribution in [0.1, 0.15) is 39.5 Å². The molecule has 0 aromatic rings. The molecule has 0 aliphatic carbocycles. The van der Waals surface area contributed by atoms with Crippen molar-refractivity contribution in [2.24, 2.45) is 0 Å². The third kappa shape index (κ3) is 5.97. The average Bonchev–Trinajstić information content (AvgIpc) is 2.16. The van der Waals surface area contributed by atoms with Crippen molar-refractivity contribution in [3.8, 4) is 0 Å². The number of nitrogens with zero attached hydrogens (tertiary/aromatic N) is 1. The number of unbranched alkanes of at least 4 members (excludes halogenated alkanes) is 3. The van der Waals surface area contributed by atoms with Gasteiger partial charge in [0.25, 0.3) is 0 Å². The second kappa shape index (κ2) is 7.80. The highest BCUT2D eigenvalue weighted by atomic mass is 16.2. The molecule has 1 N–H and O–H groups in total. The van der Waals surface area contributed by atoms with Crippen LogP contribution in [0.2, 0.25) is 0 Å². The number of hydrogen-bond acceptors (Lipinski definition) is 2. The van der Waals surface area contributed by atoms with Crippen LogP contribution in [0, 0.1) is 0 Å².